The zero-order valence-corrected chi connectivity index (χ0v) is 35.3. The van der Waals surface area contributed by atoms with Crippen molar-refractivity contribution in [2.75, 3.05) is 0 Å². The second-order valence-electron chi connectivity index (χ2n) is 16.6. The second-order valence-corrected chi connectivity index (χ2v) is 16.6. The minimum absolute atomic E-state index is 0.632. The third-order valence-electron chi connectivity index (χ3n) is 12.9. The molecule has 2 aromatic heterocycles. The maximum absolute atomic E-state index is 9.94. The molecular weight excluding hydrogens is 791 g/mol. The van der Waals surface area contributed by atoms with Crippen LogP contribution in [0.5, 0.6) is 11.5 Å². The molecule has 0 atom stereocenters. The van der Waals surface area contributed by atoms with E-state index in [9.17, 15) is 5.26 Å². The first kappa shape index (κ1) is 37.9. The van der Waals surface area contributed by atoms with Crippen LogP contribution in [0.2, 0.25) is 0 Å². The van der Waals surface area contributed by atoms with Crippen molar-refractivity contribution >= 4 is 21.8 Å². The molecular formula is C61H39N3O. The molecule has 0 N–H and O–H groups in total. The first-order valence-corrected chi connectivity index (χ1v) is 21.9. The minimum atomic E-state index is -0.689. The quantitative estimate of drug-likeness (QED) is 0.161. The van der Waals surface area contributed by atoms with Crippen molar-refractivity contribution in [2.45, 2.75) is 5.41 Å². The summed E-state index contributed by atoms with van der Waals surface area (Å²) in [4.78, 5) is 5.17. The number of pyridine rings is 1. The number of aromatic nitrogens is 2. The zero-order valence-electron chi connectivity index (χ0n) is 35.3. The van der Waals surface area contributed by atoms with E-state index >= 15 is 0 Å². The van der Waals surface area contributed by atoms with Gasteiger partial charge in [-0.05, 0) is 100 Å². The summed E-state index contributed by atoms with van der Waals surface area (Å²) in [5.41, 5.74) is 15.7. The average Bonchev–Trinajstić information content (AvgIpc) is 3.71. The number of ether oxygens (including phenoxy) is 1. The van der Waals surface area contributed by atoms with Gasteiger partial charge < -0.3 is 9.30 Å². The molecule has 4 heteroatoms. The van der Waals surface area contributed by atoms with E-state index in [2.05, 4.69) is 217 Å². The van der Waals surface area contributed by atoms with E-state index in [0.29, 0.717) is 5.56 Å². The third-order valence-corrected chi connectivity index (χ3v) is 12.9. The van der Waals surface area contributed by atoms with Gasteiger partial charge in [-0.15, -0.1) is 0 Å². The van der Waals surface area contributed by atoms with Crippen LogP contribution in [0.4, 0.5) is 0 Å². The monoisotopic (exact) mass is 829 g/mol. The van der Waals surface area contributed by atoms with Crippen LogP contribution in [0.25, 0.3) is 72.3 Å². The maximum atomic E-state index is 9.94. The Morgan fingerprint density at radius 3 is 1.38 bits per heavy atom. The Balaban J connectivity index is 1.06. The van der Waals surface area contributed by atoms with E-state index in [1.54, 1.807) is 0 Å². The van der Waals surface area contributed by atoms with Crippen molar-refractivity contribution in [1.29, 1.82) is 5.26 Å². The van der Waals surface area contributed by atoms with Gasteiger partial charge in [0.05, 0.1) is 39.5 Å². The smallest absolute Gasteiger partial charge is 0.132 e. The summed E-state index contributed by atoms with van der Waals surface area (Å²) in [5.74, 6) is 1.59. The largest absolute Gasteiger partial charge is 0.457 e. The zero-order chi connectivity index (χ0) is 43.3. The van der Waals surface area contributed by atoms with Crippen molar-refractivity contribution in [3.8, 4) is 68.0 Å². The highest BCUT2D eigenvalue weighted by molar-refractivity contribution is 6.11. The highest BCUT2D eigenvalue weighted by atomic mass is 16.5. The van der Waals surface area contributed by atoms with E-state index < -0.39 is 5.41 Å². The van der Waals surface area contributed by atoms with E-state index in [1.807, 2.05) is 30.3 Å². The summed E-state index contributed by atoms with van der Waals surface area (Å²) < 4.78 is 9.50. The van der Waals surface area contributed by atoms with Crippen LogP contribution in [0.15, 0.2) is 237 Å². The Morgan fingerprint density at radius 2 is 0.846 bits per heavy atom. The average molecular weight is 830 g/mol. The summed E-state index contributed by atoms with van der Waals surface area (Å²) in [6, 6.07) is 85.5. The lowest BCUT2D eigenvalue weighted by Gasteiger charge is -2.42. The number of rotatable bonds is 7. The molecule has 1 aliphatic heterocycles. The lowest BCUT2D eigenvalue weighted by molar-refractivity contribution is 0.435. The van der Waals surface area contributed by atoms with Gasteiger partial charge in [0.25, 0.3) is 0 Å². The molecule has 0 unspecified atom stereocenters. The first-order chi connectivity index (χ1) is 32.2. The third kappa shape index (κ3) is 6.33. The molecule has 11 aromatic rings. The Kier molecular flexibility index (Phi) is 9.07. The van der Waals surface area contributed by atoms with Crippen LogP contribution < -0.4 is 4.74 Å². The number of hydrogen-bond acceptors (Lipinski definition) is 3. The summed E-state index contributed by atoms with van der Waals surface area (Å²) in [6.07, 6.45) is 0. The molecule has 65 heavy (non-hydrogen) atoms. The lowest BCUT2D eigenvalue weighted by atomic mass is 9.63. The molecule has 12 rings (SSSR count). The Morgan fingerprint density at radius 1 is 0.400 bits per heavy atom. The van der Waals surface area contributed by atoms with Crippen molar-refractivity contribution in [1.82, 2.24) is 9.55 Å². The minimum Gasteiger partial charge on any atom is -0.457 e. The van der Waals surface area contributed by atoms with E-state index in [0.717, 1.165) is 106 Å². The molecule has 0 saturated heterocycles. The van der Waals surface area contributed by atoms with Crippen LogP contribution in [0.3, 0.4) is 0 Å². The topological polar surface area (TPSA) is 50.8 Å². The fourth-order valence-corrected chi connectivity index (χ4v) is 9.96. The van der Waals surface area contributed by atoms with Crippen molar-refractivity contribution in [3.63, 3.8) is 0 Å². The van der Waals surface area contributed by atoms with Gasteiger partial charge in [0.15, 0.2) is 0 Å². The molecule has 1 aliphatic rings. The molecule has 4 nitrogen and oxygen atoms in total. The first-order valence-electron chi connectivity index (χ1n) is 21.9. The summed E-state index contributed by atoms with van der Waals surface area (Å²) in [6.45, 7) is 0. The molecule has 0 spiro atoms. The normalized spacial score (nSPS) is 12.5. The van der Waals surface area contributed by atoms with Gasteiger partial charge in [-0.25, -0.2) is 4.98 Å². The van der Waals surface area contributed by atoms with Gasteiger partial charge in [0.2, 0.25) is 0 Å². The van der Waals surface area contributed by atoms with Gasteiger partial charge in [-0.2, -0.15) is 5.26 Å². The van der Waals surface area contributed by atoms with Gasteiger partial charge in [0, 0.05) is 38.7 Å². The number of nitriles is 1. The molecule has 0 amide bonds. The van der Waals surface area contributed by atoms with Gasteiger partial charge in [-0.3, -0.25) is 0 Å². The Bertz CT molecular complexity index is 3520. The Labute approximate surface area is 377 Å². The number of hydrogen-bond donors (Lipinski definition) is 0. The molecule has 0 aliphatic carbocycles. The van der Waals surface area contributed by atoms with Gasteiger partial charge in [-0.1, -0.05) is 170 Å². The number of para-hydroxylation sites is 1. The molecule has 9 aromatic carbocycles. The fourth-order valence-electron chi connectivity index (χ4n) is 9.96. The second kappa shape index (κ2) is 15.5. The van der Waals surface area contributed by atoms with E-state index in [-0.39, 0.29) is 0 Å². The maximum Gasteiger partial charge on any atom is 0.132 e. The summed E-state index contributed by atoms with van der Waals surface area (Å²) >= 11 is 0. The number of nitrogens with zero attached hydrogens (tertiary/aromatic N) is 3. The molecule has 0 fully saturated rings. The number of benzene rings is 9. The number of fused-ring (bicyclic) bond motifs is 5. The van der Waals surface area contributed by atoms with Crippen LogP contribution in [-0.2, 0) is 5.41 Å². The van der Waals surface area contributed by atoms with Crippen molar-refractivity contribution in [3.05, 3.63) is 264 Å². The highest BCUT2D eigenvalue weighted by Gasteiger charge is 2.45. The molecule has 3 heterocycles. The van der Waals surface area contributed by atoms with Crippen LogP contribution in [0.1, 0.15) is 27.8 Å². The molecule has 0 radical (unpaired) electrons. The molecule has 304 valence electrons. The van der Waals surface area contributed by atoms with Crippen molar-refractivity contribution in [2.24, 2.45) is 0 Å². The predicted octanol–water partition coefficient (Wildman–Crippen LogP) is 15.2. The van der Waals surface area contributed by atoms with E-state index in [4.69, 9.17) is 9.72 Å². The van der Waals surface area contributed by atoms with Gasteiger partial charge >= 0.3 is 0 Å². The highest BCUT2D eigenvalue weighted by Crippen LogP contribution is 2.56. The van der Waals surface area contributed by atoms with Crippen LogP contribution in [-0.4, -0.2) is 9.55 Å². The Hall–Kier alpha value is -8.78. The van der Waals surface area contributed by atoms with Crippen LogP contribution in [0, 0.1) is 11.3 Å². The van der Waals surface area contributed by atoms with Gasteiger partial charge in [0.1, 0.15) is 11.5 Å². The lowest BCUT2D eigenvalue weighted by Crippen LogP contribution is -2.34. The summed E-state index contributed by atoms with van der Waals surface area (Å²) in [7, 11) is 0. The predicted molar refractivity (Wildman–Crippen MR) is 263 cm³/mol. The van der Waals surface area contributed by atoms with E-state index in [1.165, 1.54) is 0 Å². The molecule has 0 bridgehead atoms. The van der Waals surface area contributed by atoms with Crippen LogP contribution >= 0.6 is 0 Å². The standard InChI is InChI=1S/C61H39N3O/c62-40-41-26-32-57-51(34-41)52-35-44(29-33-58(52)64(57)50-24-14-5-15-25-50)45-27-30-53-59(38-45)65-60-39-46(28-31-54(60)61(53,48-20-10-3-11-21-48)49-22-12-4-13-23-49)47-36-55(42-16-6-1-7-17-42)63-56(37-47)43-18-8-2-9-19-43/h1-39H. The summed E-state index contributed by atoms with van der Waals surface area (Å²) in [5, 5.41) is 12.1. The SMILES string of the molecule is N#Cc1ccc2c(c1)c1cc(-c3ccc4c(c3)Oc3cc(-c5cc(-c6ccccc6)nc(-c6ccccc6)c5)ccc3C4(c3ccccc3)c3ccccc3)ccc1n2-c1ccccc1. The molecule has 0 saturated carbocycles. The fraction of sp³-hybridized carbons (Fsp3) is 0.0164. The van der Waals surface area contributed by atoms with Crippen molar-refractivity contribution < 1.29 is 4.74 Å².